The summed E-state index contributed by atoms with van der Waals surface area (Å²) in [5, 5.41) is 5.84. The highest BCUT2D eigenvalue weighted by molar-refractivity contribution is 5.91. The number of nitrogens with one attached hydrogen (secondary N) is 2. The maximum atomic E-state index is 11.9. The zero-order chi connectivity index (χ0) is 16.5. The lowest BCUT2D eigenvalue weighted by molar-refractivity contribution is -0.122. The van der Waals surface area contributed by atoms with E-state index < -0.39 is 0 Å². The molecule has 128 valence electrons. The van der Waals surface area contributed by atoms with E-state index in [0.717, 1.165) is 32.5 Å². The first-order chi connectivity index (χ1) is 11.2. The number of amides is 2. The summed E-state index contributed by atoms with van der Waals surface area (Å²) >= 11 is 0. The van der Waals surface area contributed by atoms with E-state index in [9.17, 15) is 9.59 Å². The average molecular weight is 321 g/mol. The van der Waals surface area contributed by atoms with Crippen molar-refractivity contribution in [1.82, 2.24) is 15.5 Å². The van der Waals surface area contributed by atoms with Crippen LogP contribution in [0.1, 0.15) is 49.6 Å². The first-order valence-corrected chi connectivity index (χ1v) is 8.52. The lowest BCUT2D eigenvalue weighted by atomic mass is 10.0. The number of carbonyl (C=O) groups is 2. The first kappa shape index (κ1) is 17.5. The molecule has 0 aliphatic carbocycles. The highest BCUT2D eigenvalue weighted by Gasteiger charge is 2.19. The molecule has 1 saturated heterocycles. The maximum Gasteiger partial charge on any atom is 0.286 e. The van der Waals surface area contributed by atoms with Crippen LogP contribution in [-0.4, -0.2) is 48.9 Å². The van der Waals surface area contributed by atoms with Gasteiger partial charge in [0, 0.05) is 32.1 Å². The summed E-state index contributed by atoms with van der Waals surface area (Å²) in [5.74, 6) is 0.137. The third-order valence-corrected chi connectivity index (χ3v) is 4.10. The molecule has 1 aliphatic rings. The van der Waals surface area contributed by atoms with Crippen molar-refractivity contribution in [1.29, 1.82) is 0 Å². The molecule has 0 aromatic carbocycles. The quantitative estimate of drug-likeness (QED) is 0.716. The summed E-state index contributed by atoms with van der Waals surface area (Å²) in [5.41, 5.74) is 0. The Morgan fingerprint density at radius 1 is 1.35 bits per heavy atom. The summed E-state index contributed by atoms with van der Waals surface area (Å²) in [6, 6.07) is 3.59. The monoisotopic (exact) mass is 321 g/mol. The molecular weight excluding hydrogens is 294 g/mol. The van der Waals surface area contributed by atoms with E-state index in [0.29, 0.717) is 31.2 Å². The van der Waals surface area contributed by atoms with Gasteiger partial charge in [0.15, 0.2) is 5.76 Å². The second-order valence-corrected chi connectivity index (χ2v) is 6.02. The maximum absolute atomic E-state index is 11.9. The molecular formula is C17H27N3O3. The number of rotatable bonds is 8. The van der Waals surface area contributed by atoms with Gasteiger partial charge in [0.25, 0.3) is 5.91 Å². The van der Waals surface area contributed by atoms with Gasteiger partial charge in [0.05, 0.1) is 6.26 Å². The zero-order valence-corrected chi connectivity index (χ0v) is 13.8. The van der Waals surface area contributed by atoms with E-state index >= 15 is 0 Å². The van der Waals surface area contributed by atoms with E-state index in [-0.39, 0.29) is 11.8 Å². The summed E-state index contributed by atoms with van der Waals surface area (Å²) in [4.78, 5) is 26.0. The molecule has 23 heavy (non-hydrogen) atoms. The fraction of sp³-hybridized carbons (Fsp3) is 0.647. The van der Waals surface area contributed by atoms with Crippen molar-refractivity contribution in [2.24, 2.45) is 0 Å². The summed E-state index contributed by atoms with van der Waals surface area (Å²) in [6.07, 6.45) is 5.78. The van der Waals surface area contributed by atoms with E-state index in [4.69, 9.17) is 4.42 Å². The van der Waals surface area contributed by atoms with Gasteiger partial charge in [-0.2, -0.15) is 0 Å². The van der Waals surface area contributed by atoms with Crippen LogP contribution in [0.5, 0.6) is 0 Å². The molecule has 1 aromatic rings. The number of hydrogen-bond acceptors (Lipinski definition) is 4. The van der Waals surface area contributed by atoms with Crippen molar-refractivity contribution in [2.75, 3.05) is 26.2 Å². The van der Waals surface area contributed by atoms with Crippen LogP contribution < -0.4 is 10.6 Å². The topological polar surface area (TPSA) is 74.6 Å². The Morgan fingerprint density at radius 3 is 2.78 bits per heavy atom. The Morgan fingerprint density at radius 2 is 2.13 bits per heavy atom. The minimum atomic E-state index is -0.237. The van der Waals surface area contributed by atoms with Gasteiger partial charge in [-0.25, -0.2) is 0 Å². The van der Waals surface area contributed by atoms with Crippen molar-refractivity contribution >= 4 is 11.8 Å². The predicted molar refractivity (Wildman–Crippen MR) is 88.2 cm³/mol. The van der Waals surface area contributed by atoms with Crippen LogP contribution in [-0.2, 0) is 4.79 Å². The van der Waals surface area contributed by atoms with Crippen LogP contribution in [0.25, 0.3) is 0 Å². The number of piperidine rings is 1. The van der Waals surface area contributed by atoms with Crippen LogP contribution in [0.3, 0.4) is 0 Å². The molecule has 6 nitrogen and oxygen atoms in total. The van der Waals surface area contributed by atoms with Gasteiger partial charge in [0.2, 0.25) is 5.91 Å². The lowest BCUT2D eigenvalue weighted by Crippen LogP contribution is -2.44. The smallest absolute Gasteiger partial charge is 0.286 e. The van der Waals surface area contributed by atoms with E-state index in [1.165, 1.54) is 12.7 Å². The fourth-order valence-corrected chi connectivity index (χ4v) is 2.86. The Hall–Kier alpha value is -1.82. The summed E-state index contributed by atoms with van der Waals surface area (Å²) in [7, 11) is 0. The lowest BCUT2D eigenvalue weighted by Gasteiger charge is -2.32. The highest BCUT2D eigenvalue weighted by atomic mass is 16.3. The number of nitrogens with zero attached hydrogens (tertiary/aromatic N) is 1. The minimum Gasteiger partial charge on any atom is -0.459 e. The molecule has 0 radical (unpaired) electrons. The molecule has 1 aliphatic heterocycles. The zero-order valence-electron chi connectivity index (χ0n) is 13.8. The van der Waals surface area contributed by atoms with Gasteiger partial charge in [-0.05, 0) is 44.4 Å². The molecule has 6 heteroatoms. The Labute approximate surface area is 137 Å². The van der Waals surface area contributed by atoms with Gasteiger partial charge < -0.3 is 20.0 Å². The first-order valence-electron chi connectivity index (χ1n) is 8.52. The van der Waals surface area contributed by atoms with Gasteiger partial charge in [0.1, 0.15) is 0 Å². The molecule has 2 N–H and O–H groups in total. The molecule has 1 fully saturated rings. The molecule has 0 atom stereocenters. The summed E-state index contributed by atoms with van der Waals surface area (Å²) < 4.78 is 5.00. The number of furan rings is 1. The number of carbonyl (C=O) groups excluding carboxylic acids is 2. The van der Waals surface area contributed by atoms with Gasteiger partial charge >= 0.3 is 0 Å². The molecule has 1 aromatic heterocycles. The largest absolute Gasteiger partial charge is 0.459 e. The Bertz CT molecular complexity index is 479. The standard InChI is InChI=1S/C17H27N3O3/c1-2-10-20-11-7-14(8-12-20)19-16(21)6-3-9-18-17(22)15-5-4-13-23-15/h4-5,13-14H,2-3,6-12H2,1H3,(H,18,22)(H,19,21). The molecule has 2 rings (SSSR count). The predicted octanol–water partition coefficient (Wildman–Crippen LogP) is 1.78. The normalized spacial score (nSPS) is 16.2. The third kappa shape index (κ3) is 6.06. The van der Waals surface area contributed by atoms with E-state index in [2.05, 4.69) is 22.5 Å². The van der Waals surface area contributed by atoms with E-state index in [1.807, 2.05) is 0 Å². The van der Waals surface area contributed by atoms with Crippen molar-refractivity contribution in [3.63, 3.8) is 0 Å². The summed E-state index contributed by atoms with van der Waals surface area (Å²) in [6.45, 7) is 5.95. The van der Waals surface area contributed by atoms with E-state index in [1.54, 1.807) is 12.1 Å². The van der Waals surface area contributed by atoms with Crippen LogP contribution in [0.15, 0.2) is 22.8 Å². The van der Waals surface area contributed by atoms with Gasteiger partial charge in [-0.3, -0.25) is 9.59 Å². The second-order valence-electron chi connectivity index (χ2n) is 6.02. The fourth-order valence-electron chi connectivity index (χ4n) is 2.86. The van der Waals surface area contributed by atoms with Crippen LogP contribution in [0.2, 0.25) is 0 Å². The Kier molecular flexibility index (Phi) is 7.13. The van der Waals surface area contributed by atoms with Crippen LogP contribution in [0.4, 0.5) is 0 Å². The van der Waals surface area contributed by atoms with Crippen LogP contribution >= 0.6 is 0 Å². The minimum absolute atomic E-state index is 0.0752. The number of likely N-dealkylation sites (tertiary alicyclic amines) is 1. The van der Waals surface area contributed by atoms with Crippen molar-refractivity contribution in [3.8, 4) is 0 Å². The molecule has 2 amide bonds. The molecule has 0 saturated carbocycles. The Balaban J connectivity index is 1.54. The SMILES string of the molecule is CCCN1CCC(NC(=O)CCCNC(=O)c2ccco2)CC1. The van der Waals surface area contributed by atoms with Gasteiger partial charge in [-0.15, -0.1) is 0 Å². The molecule has 0 unspecified atom stereocenters. The highest BCUT2D eigenvalue weighted by Crippen LogP contribution is 2.10. The van der Waals surface area contributed by atoms with Crippen molar-refractivity contribution in [2.45, 2.75) is 45.1 Å². The second kappa shape index (κ2) is 9.35. The number of hydrogen-bond donors (Lipinski definition) is 2. The van der Waals surface area contributed by atoms with Crippen LogP contribution in [0, 0.1) is 0 Å². The van der Waals surface area contributed by atoms with Crippen molar-refractivity contribution in [3.05, 3.63) is 24.2 Å². The molecule has 0 spiro atoms. The average Bonchev–Trinajstić information content (AvgIpc) is 3.08. The van der Waals surface area contributed by atoms with Gasteiger partial charge in [-0.1, -0.05) is 6.92 Å². The molecule has 2 heterocycles. The third-order valence-electron chi connectivity index (χ3n) is 4.10. The molecule has 0 bridgehead atoms. The van der Waals surface area contributed by atoms with Crippen molar-refractivity contribution < 1.29 is 14.0 Å².